The van der Waals surface area contributed by atoms with Gasteiger partial charge in [0.05, 0.1) is 11.4 Å². The highest BCUT2D eigenvalue weighted by molar-refractivity contribution is 5.88. The van der Waals surface area contributed by atoms with E-state index in [2.05, 4.69) is 26.2 Å². The molecule has 4 nitrogen and oxygen atoms in total. The largest absolute Gasteiger partial charge is 0.431 e. The van der Waals surface area contributed by atoms with Crippen molar-refractivity contribution in [1.82, 2.24) is 15.0 Å². The molecule has 132 valence electrons. The zero-order valence-corrected chi connectivity index (χ0v) is 13.7. The van der Waals surface area contributed by atoms with Gasteiger partial charge in [0.1, 0.15) is 23.5 Å². The van der Waals surface area contributed by atoms with Crippen molar-refractivity contribution >= 4 is 16.9 Å². The SMILES string of the molecule is C#Cc1cccc2c1CCCC2Nc1ncnc2[nH]c(C(F)(F)F)cc12. The summed E-state index contributed by atoms with van der Waals surface area (Å²) in [7, 11) is 0. The molecule has 1 aliphatic carbocycles. The normalized spacial score (nSPS) is 16.9. The fourth-order valence-corrected chi connectivity index (χ4v) is 3.51. The average molecular weight is 356 g/mol. The molecule has 0 bridgehead atoms. The lowest BCUT2D eigenvalue weighted by Crippen LogP contribution is -2.19. The summed E-state index contributed by atoms with van der Waals surface area (Å²) in [4.78, 5) is 10.4. The monoisotopic (exact) mass is 356 g/mol. The van der Waals surface area contributed by atoms with E-state index in [-0.39, 0.29) is 11.7 Å². The highest BCUT2D eigenvalue weighted by Gasteiger charge is 2.33. The van der Waals surface area contributed by atoms with Crippen LogP contribution in [0.25, 0.3) is 11.0 Å². The van der Waals surface area contributed by atoms with E-state index in [0.717, 1.165) is 42.0 Å². The van der Waals surface area contributed by atoms with Gasteiger partial charge in [0.2, 0.25) is 0 Å². The van der Waals surface area contributed by atoms with Gasteiger partial charge in [-0.1, -0.05) is 18.1 Å². The number of benzene rings is 1. The molecule has 0 amide bonds. The average Bonchev–Trinajstić information content (AvgIpc) is 3.07. The molecule has 2 aromatic heterocycles. The first kappa shape index (κ1) is 16.5. The van der Waals surface area contributed by atoms with Gasteiger partial charge in [0.15, 0.2) is 0 Å². The molecule has 0 radical (unpaired) electrons. The zero-order valence-electron chi connectivity index (χ0n) is 13.7. The zero-order chi connectivity index (χ0) is 18.3. The molecule has 2 N–H and O–H groups in total. The maximum Gasteiger partial charge on any atom is 0.431 e. The predicted molar refractivity (Wildman–Crippen MR) is 92.6 cm³/mol. The number of aromatic amines is 1. The Kier molecular flexibility index (Phi) is 3.83. The smallest absolute Gasteiger partial charge is 0.363 e. The number of nitrogens with one attached hydrogen (secondary N) is 2. The Labute approximate surface area is 147 Å². The van der Waals surface area contributed by atoms with Gasteiger partial charge in [-0.25, -0.2) is 9.97 Å². The minimum absolute atomic E-state index is 0.0608. The minimum atomic E-state index is -4.46. The third-order valence-corrected chi connectivity index (χ3v) is 4.70. The molecule has 0 spiro atoms. The molecule has 1 aromatic carbocycles. The van der Waals surface area contributed by atoms with Crippen molar-refractivity contribution in [1.29, 1.82) is 0 Å². The number of hydrogen-bond donors (Lipinski definition) is 2. The quantitative estimate of drug-likeness (QED) is 0.667. The van der Waals surface area contributed by atoms with Gasteiger partial charge in [-0.05, 0) is 42.5 Å². The second-order valence-electron chi connectivity index (χ2n) is 6.27. The molecule has 1 aliphatic rings. The van der Waals surface area contributed by atoms with E-state index in [1.54, 1.807) is 0 Å². The molecule has 0 saturated heterocycles. The van der Waals surface area contributed by atoms with E-state index < -0.39 is 11.9 Å². The van der Waals surface area contributed by atoms with Crippen molar-refractivity contribution in [2.75, 3.05) is 5.32 Å². The van der Waals surface area contributed by atoms with Crippen LogP contribution < -0.4 is 5.32 Å². The molecule has 2 heterocycles. The van der Waals surface area contributed by atoms with Crippen LogP contribution in [0.5, 0.6) is 0 Å². The molecular weight excluding hydrogens is 341 g/mol. The molecule has 1 atom stereocenters. The number of rotatable bonds is 2. The van der Waals surface area contributed by atoms with Crippen LogP contribution in [0.15, 0.2) is 30.6 Å². The van der Waals surface area contributed by atoms with E-state index in [4.69, 9.17) is 6.42 Å². The van der Waals surface area contributed by atoms with Crippen LogP contribution in [0.1, 0.15) is 41.3 Å². The van der Waals surface area contributed by atoms with Gasteiger partial charge in [0, 0.05) is 5.56 Å². The van der Waals surface area contributed by atoms with Crippen molar-refractivity contribution in [3.8, 4) is 12.3 Å². The molecule has 3 aromatic rings. The first-order valence-corrected chi connectivity index (χ1v) is 8.23. The van der Waals surface area contributed by atoms with Gasteiger partial charge in [-0.15, -0.1) is 6.42 Å². The Hall–Kier alpha value is -3.01. The fourth-order valence-electron chi connectivity index (χ4n) is 3.51. The summed E-state index contributed by atoms with van der Waals surface area (Å²) in [5.41, 5.74) is 2.37. The van der Waals surface area contributed by atoms with E-state index >= 15 is 0 Å². The molecule has 0 aliphatic heterocycles. The van der Waals surface area contributed by atoms with Gasteiger partial charge < -0.3 is 10.3 Å². The van der Waals surface area contributed by atoms with Crippen LogP contribution in [0.2, 0.25) is 0 Å². The Morgan fingerprint density at radius 1 is 1.27 bits per heavy atom. The van der Waals surface area contributed by atoms with Crippen LogP contribution in [0, 0.1) is 12.3 Å². The maximum atomic E-state index is 13.0. The van der Waals surface area contributed by atoms with Crippen LogP contribution in [-0.2, 0) is 12.6 Å². The molecule has 1 unspecified atom stereocenters. The van der Waals surface area contributed by atoms with Crippen molar-refractivity contribution in [2.24, 2.45) is 0 Å². The number of anilines is 1. The van der Waals surface area contributed by atoms with E-state index in [1.807, 2.05) is 18.2 Å². The van der Waals surface area contributed by atoms with Gasteiger partial charge in [-0.3, -0.25) is 0 Å². The summed E-state index contributed by atoms with van der Waals surface area (Å²) >= 11 is 0. The third-order valence-electron chi connectivity index (χ3n) is 4.70. The number of H-pyrrole nitrogens is 1. The topological polar surface area (TPSA) is 53.6 Å². The van der Waals surface area contributed by atoms with Crippen molar-refractivity contribution in [3.63, 3.8) is 0 Å². The lowest BCUT2D eigenvalue weighted by atomic mass is 9.85. The standard InChI is InChI=1S/C19H15F3N4/c1-2-11-5-3-7-13-12(11)6-4-8-15(13)25-17-14-9-16(19(20,21)22)26-18(14)24-10-23-17/h1,3,5,7,9-10,15H,4,6,8H2,(H2,23,24,25,26). The molecular formula is C19H15F3N4. The number of nitrogens with zero attached hydrogens (tertiary/aromatic N) is 2. The molecule has 4 rings (SSSR count). The maximum absolute atomic E-state index is 13.0. The van der Waals surface area contributed by atoms with Gasteiger partial charge in [0.25, 0.3) is 0 Å². The first-order chi connectivity index (χ1) is 12.5. The van der Waals surface area contributed by atoms with Crippen molar-refractivity contribution in [3.05, 3.63) is 53.0 Å². The summed E-state index contributed by atoms with van der Waals surface area (Å²) in [6.45, 7) is 0. The summed E-state index contributed by atoms with van der Waals surface area (Å²) in [6, 6.07) is 6.80. The van der Waals surface area contributed by atoms with Crippen LogP contribution in [-0.4, -0.2) is 15.0 Å². The number of terminal acetylenes is 1. The molecule has 0 saturated carbocycles. The number of fused-ring (bicyclic) bond motifs is 2. The van der Waals surface area contributed by atoms with Crippen LogP contribution in [0.3, 0.4) is 0 Å². The summed E-state index contributed by atoms with van der Waals surface area (Å²) in [5.74, 6) is 3.09. The van der Waals surface area contributed by atoms with Crippen LogP contribution >= 0.6 is 0 Å². The Morgan fingerprint density at radius 3 is 2.88 bits per heavy atom. The Morgan fingerprint density at radius 2 is 2.12 bits per heavy atom. The van der Waals surface area contributed by atoms with Crippen LogP contribution in [0.4, 0.5) is 19.0 Å². The molecule has 0 fully saturated rings. The number of hydrogen-bond acceptors (Lipinski definition) is 3. The predicted octanol–water partition coefficient (Wildman–Crippen LogP) is 4.45. The third kappa shape index (κ3) is 2.77. The van der Waals surface area contributed by atoms with E-state index in [0.29, 0.717) is 11.2 Å². The van der Waals surface area contributed by atoms with Gasteiger partial charge >= 0.3 is 6.18 Å². The number of halogens is 3. The molecule has 7 heteroatoms. The number of aromatic nitrogens is 3. The summed E-state index contributed by atoms with van der Waals surface area (Å²) in [6.07, 6.45) is 5.07. The van der Waals surface area contributed by atoms with E-state index in [9.17, 15) is 13.2 Å². The second-order valence-corrected chi connectivity index (χ2v) is 6.27. The molecule has 26 heavy (non-hydrogen) atoms. The lowest BCUT2D eigenvalue weighted by molar-refractivity contribution is -0.140. The fraction of sp³-hybridized carbons (Fsp3) is 0.263. The summed E-state index contributed by atoms with van der Waals surface area (Å²) in [5, 5.41) is 3.61. The van der Waals surface area contributed by atoms with Gasteiger partial charge in [-0.2, -0.15) is 13.2 Å². The first-order valence-electron chi connectivity index (χ1n) is 8.23. The highest BCUT2D eigenvalue weighted by atomic mass is 19.4. The highest BCUT2D eigenvalue weighted by Crippen LogP contribution is 2.36. The summed E-state index contributed by atoms with van der Waals surface area (Å²) < 4.78 is 38.9. The minimum Gasteiger partial charge on any atom is -0.363 e. The number of alkyl halides is 3. The lowest BCUT2D eigenvalue weighted by Gasteiger charge is -2.27. The Balaban J connectivity index is 1.74. The van der Waals surface area contributed by atoms with Crippen molar-refractivity contribution < 1.29 is 13.2 Å². The Bertz CT molecular complexity index is 1010. The van der Waals surface area contributed by atoms with E-state index in [1.165, 1.54) is 6.33 Å². The van der Waals surface area contributed by atoms with Crippen molar-refractivity contribution in [2.45, 2.75) is 31.5 Å². The second kappa shape index (κ2) is 6.06.